The Bertz CT molecular complexity index is 572. The predicted octanol–water partition coefficient (Wildman–Crippen LogP) is 0.238. The van der Waals surface area contributed by atoms with Gasteiger partial charge in [-0.2, -0.15) is 0 Å². The van der Waals surface area contributed by atoms with Crippen molar-refractivity contribution in [2.24, 2.45) is 0 Å². The highest BCUT2D eigenvalue weighted by molar-refractivity contribution is 7.37. The van der Waals surface area contributed by atoms with Gasteiger partial charge in [-0.3, -0.25) is 4.57 Å². The Hall–Kier alpha value is -1.50. The van der Waals surface area contributed by atoms with Gasteiger partial charge in [0.2, 0.25) is 8.03 Å². The van der Waals surface area contributed by atoms with Crippen LogP contribution in [0.4, 0.5) is 5.82 Å². The van der Waals surface area contributed by atoms with Crippen LogP contribution >= 0.6 is 8.03 Å². The van der Waals surface area contributed by atoms with Crippen LogP contribution in [0.5, 0.6) is 0 Å². The van der Waals surface area contributed by atoms with E-state index >= 15 is 0 Å². The predicted molar refractivity (Wildman–Crippen MR) is 66.4 cm³/mol. The Balaban J connectivity index is 2.12. The summed E-state index contributed by atoms with van der Waals surface area (Å²) in [6.45, 7) is 2.28. The van der Waals surface area contributed by atoms with Crippen LogP contribution < -0.4 is 5.73 Å². The van der Waals surface area contributed by atoms with Crippen LogP contribution in [0.25, 0.3) is 11.2 Å². The molecular weight excluding hydrogens is 257 g/mol. The maximum Gasteiger partial charge on any atom is 0.214 e. The Morgan fingerprint density at radius 3 is 3.06 bits per heavy atom. The quantitative estimate of drug-likeness (QED) is 0.748. The molecule has 98 valence electrons. The fourth-order valence-corrected chi connectivity index (χ4v) is 2.00. The van der Waals surface area contributed by atoms with Gasteiger partial charge in [0.05, 0.1) is 19.0 Å². The zero-order valence-electron chi connectivity index (χ0n) is 9.78. The van der Waals surface area contributed by atoms with Crippen molar-refractivity contribution in [1.29, 1.82) is 0 Å². The Morgan fingerprint density at radius 2 is 2.33 bits per heavy atom. The lowest BCUT2D eigenvalue weighted by Crippen LogP contribution is -2.16. The highest BCUT2D eigenvalue weighted by atomic mass is 31.1. The van der Waals surface area contributed by atoms with E-state index in [-0.39, 0.29) is 12.5 Å². The molecule has 0 aliphatic carbocycles. The minimum Gasteiger partial charge on any atom is -0.382 e. The number of fused-ring (bicyclic) bond motifs is 1. The van der Waals surface area contributed by atoms with Crippen LogP contribution in [0, 0.1) is 0 Å². The van der Waals surface area contributed by atoms with E-state index in [2.05, 4.69) is 15.0 Å². The molecule has 0 aliphatic heterocycles. The second kappa shape index (κ2) is 5.43. The third-order valence-electron chi connectivity index (χ3n) is 2.37. The summed E-state index contributed by atoms with van der Waals surface area (Å²) < 4.78 is 17.6. The number of nitrogens with zero attached hydrogens (tertiary/aromatic N) is 4. The minimum absolute atomic E-state index is 0.143. The van der Waals surface area contributed by atoms with E-state index in [1.807, 2.05) is 0 Å². The molecule has 3 N–H and O–H groups in total. The molecule has 0 aliphatic rings. The van der Waals surface area contributed by atoms with E-state index < -0.39 is 8.03 Å². The molecule has 0 amide bonds. The van der Waals surface area contributed by atoms with Crippen molar-refractivity contribution < 1.29 is 14.2 Å². The maximum absolute atomic E-state index is 10.6. The average Bonchev–Trinajstić information content (AvgIpc) is 2.72. The van der Waals surface area contributed by atoms with Crippen LogP contribution in [0.15, 0.2) is 12.7 Å². The second-order valence-electron chi connectivity index (χ2n) is 3.84. The first-order chi connectivity index (χ1) is 8.58. The molecule has 8 nitrogen and oxygen atoms in total. The fourth-order valence-electron chi connectivity index (χ4n) is 1.58. The van der Waals surface area contributed by atoms with Gasteiger partial charge in [0.15, 0.2) is 11.5 Å². The summed E-state index contributed by atoms with van der Waals surface area (Å²) in [5, 5.41) is 0. The number of rotatable bonds is 5. The van der Waals surface area contributed by atoms with Crippen molar-refractivity contribution >= 4 is 25.0 Å². The summed E-state index contributed by atoms with van der Waals surface area (Å²) in [6.07, 6.45) is 2.60. The number of hydrogen-bond acceptors (Lipinski definition) is 6. The molecule has 2 rings (SSSR count). The number of hydrogen-bond donors (Lipinski definition) is 2. The van der Waals surface area contributed by atoms with Crippen molar-refractivity contribution in [2.75, 3.05) is 12.1 Å². The summed E-state index contributed by atoms with van der Waals surface area (Å²) in [7, 11) is -2.60. The standard InChI is InChI=1S/C9H14N5O3P/c1-6(17-5-18(15)16)2-14-4-13-7-8(10)11-3-12-9(7)14/h3-4,6,18H,2,5H2,1H3,(H,15,16)(H2,10,11,12). The third-order valence-corrected chi connectivity index (χ3v) is 2.79. The monoisotopic (exact) mass is 271 g/mol. The van der Waals surface area contributed by atoms with Gasteiger partial charge in [-0.1, -0.05) is 0 Å². The molecule has 0 radical (unpaired) electrons. The molecular formula is C9H14N5O3P. The molecule has 18 heavy (non-hydrogen) atoms. The van der Waals surface area contributed by atoms with E-state index in [1.165, 1.54) is 6.33 Å². The number of ether oxygens (including phenoxy) is 1. The van der Waals surface area contributed by atoms with Crippen molar-refractivity contribution in [1.82, 2.24) is 19.5 Å². The Kier molecular flexibility index (Phi) is 3.90. The summed E-state index contributed by atoms with van der Waals surface area (Å²) >= 11 is 0. The smallest absolute Gasteiger partial charge is 0.214 e. The van der Waals surface area contributed by atoms with Gasteiger partial charge in [0, 0.05) is 0 Å². The number of imidazole rings is 1. The average molecular weight is 271 g/mol. The zero-order valence-corrected chi connectivity index (χ0v) is 10.8. The lowest BCUT2D eigenvalue weighted by Gasteiger charge is -2.12. The molecule has 2 aromatic rings. The molecule has 0 saturated carbocycles. The summed E-state index contributed by atoms with van der Waals surface area (Å²) in [5.41, 5.74) is 6.83. The first kappa shape index (κ1) is 12.9. The van der Waals surface area contributed by atoms with Crippen LogP contribution in [0.1, 0.15) is 6.92 Å². The molecule has 0 saturated heterocycles. The molecule has 2 atom stereocenters. The Morgan fingerprint density at radius 1 is 1.56 bits per heavy atom. The highest BCUT2D eigenvalue weighted by Crippen LogP contribution is 2.17. The number of nitrogen functional groups attached to an aromatic ring is 1. The highest BCUT2D eigenvalue weighted by Gasteiger charge is 2.11. The van der Waals surface area contributed by atoms with E-state index in [9.17, 15) is 4.57 Å². The molecule has 2 unspecified atom stereocenters. The lowest BCUT2D eigenvalue weighted by molar-refractivity contribution is 0.0847. The largest absolute Gasteiger partial charge is 0.382 e. The molecule has 9 heteroatoms. The van der Waals surface area contributed by atoms with Gasteiger partial charge in [-0.15, -0.1) is 0 Å². The van der Waals surface area contributed by atoms with Crippen LogP contribution in [0.3, 0.4) is 0 Å². The molecule has 0 bridgehead atoms. The van der Waals surface area contributed by atoms with Crippen LogP contribution in [-0.2, 0) is 15.8 Å². The van der Waals surface area contributed by atoms with Gasteiger partial charge < -0.3 is 19.9 Å². The number of anilines is 1. The van der Waals surface area contributed by atoms with Crippen molar-refractivity contribution in [3.8, 4) is 0 Å². The topological polar surface area (TPSA) is 116 Å². The second-order valence-corrected chi connectivity index (χ2v) is 4.92. The van der Waals surface area contributed by atoms with Gasteiger partial charge in [0.1, 0.15) is 18.2 Å². The first-order valence-electron chi connectivity index (χ1n) is 5.32. The van der Waals surface area contributed by atoms with Crippen molar-refractivity contribution in [2.45, 2.75) is 19.6 Å². The summed E-state index contributed by atoms with van der Waals surface area (Å²) in [6, 6.07) is 0. The van der Waals surface area contributed by atoms with Crippen molar-refractivity contribution in [3.05, 3.63) is 12.7 Å². The van der Waals surface area contributed by atoms with Gasteiger partial charge in [-0.05, 0) is 6.92 Å². The molecule has 2 heterocycles. The lowest BCUT2D eigenvalue weighted by atomic mass is 10.4. The van der Waals surface area contributed by atoms with Gasteiger partial charge in [-0.25, -0.2) is 15.0 Å². The fraction of sp³-hybridized carbons (Fsp3) is 0.444. The van der Waals surface area contributed by atoms with E-state index in [1.54, 1.807) is 17.8 Å². The third kappa shape index (κ3) is 2.84. The zero-order chi connectivity index (χ0) is 13.1. The Labute approximate surface area is 104 Å². The van der Waals surface area contributed by atoms with Crippen molar-refractivity contribution in [3.63, 3.8) is 0 Å². The van der Waals surface area contributed by atoms with Crippen LogP contribution in [-0.4, -0.2) is 36.9 Å². The summed E-state index contributed by atoms with van der Waals surface area (Å²) in [5.74, 6) is 0.327. The normalized spacial score (nSPS) is 14.8. The van der Waals surface area contributed by atoms with E-state index in [0.717, 1.165) is 0 Å². The molecule has 0 aromatic carbocycles. The van der Waals surface area contributed by atoms with E-state index in [0.29, 0.717) is 23.5 Å². The van der Waals surface area contributed by atoms with E-state index in [4.69, 9.17) is 15.4 Å². The van der Waals surface area contributed by atoms with Crippen LogP contribution in [0.2, 0.25) is 0 Å². The van der Waals surface area contributed by atoms with Gasteiger partial charge >= 0.3 is 0 Å². The maximum atomic E-state index is 10.6. The molecule has 2 aromatic heterocycles. The first-order valence-corrected chi connectivity index (χ1v) is 6.89. The van der Waals surface area contributed by atoms with Gasteiger partial charge in [0.25, 0.3) is 0 Å². The minimum atomic E-state index is -2.60. The number of aromatic nitrogens is 4. The molecule has 0 fully saturated rings. The molecule has 0 spiro atoms. The SMILES string of the molecule is CC(Cn1cnc2c(N)ncnc21)OC[PH](=O)O. The summed E-state index contributed by atoms with van der Waals surface area (Å²) in [4.78, 5) is 20.8. The number of nitrogens with two attached hydrogens (primary N) is 1.